The molecule has 0 radical (unpaired) electrons. The van der Waals surface area contributed by atoms with Crippen molar-refractivity contribution in [3.8, 4) is 17.2 Å². The summed E-state index contributed by atoms with van der Waals surface area (Å²) < 4.78 is 17.5. The molecule has 0 aromatic heterocycles. The highest BCUT2D eigenvalue weighted by Gasteiger charge is 2.41. The van der Waals surface area contributed by atoms with Gasteiger partial charge in [-0.2, -0.15) is 5.10 Å². The Morgan fingerprint density at radius 3 is 2.53 bits per heavy atom. The minimum atomic E-state index is -0.304. The number of nitrogens with zero attached hydrogens (tertiary/aromatic N) is 2. The van der Waals surface area contributed by atoms with Crippen LogP contribution in [0.4, 0.5) is 0 Å². The van der Waals surface area contributed by atoms with Gasteiger partial charge in [-0.15, -0.1) is 0 Å². The zero-order chi connectivity index (χ0) is 21.8. The molecular formula is C26H23ClN2O3. The van der Waals surface area contributed by atoms with E-state index in [1.165, 1.54) is 5.56 Å². The van der Waals surface area contributed by atoms with Crippen LogP contribution < -0.4 is 14.2 Å². The summed E-state index contributed by atoms with van der Waals surface area (Å²) in [5.41, 5.74) is 5.47. The van der Waals surface area contributed by atoms with E-state index in [9.17, 15) is 0 Å². The van der Waals surface area contributed by atoms with Gasteiger partial charge in [0.15, 0.2) is 11.5 Å². The second kappa shape index (κ2) is 7.45. The zero-order valence-corrected chi connectivity index (χ0v) is 18.7. The average Bonchev–Trinajstić information content (AvgIpc) is 3.45. The van der Waals surface area contributed by atoms with E-state index in [4.69, 9.17) is 30.9 Å². The maximum atomic E-state index is 6.46. The Bertz CT molecular complexity index is 1220. The molecule has 3 aromatic rings. The van der Waals surface area contributed by atoms with Crippen LogP contribution in [0.3, 0.4) is 0 Å². The quantitative estimate of drug-likeness (QED) is 0.464. The van der Waals surface area contributed by atoms with E-state index < -0.39 is 0 Å². The molecule has 3 aliphatic heterocycles. The minimum absolute atomic E-state index is 0.0487. The fraction of sp³-hybridized carbons (Fsp3) is 0.269. The van der Waals surface area contributed by atoms with Gasteiger partial charge in [-0.1, -0.05) is 49.7 Å². The van der Waals surface area contributed by atoms with Gasteiger partial charge in [0.1, 0.15) is 5.75 Å². The standard InChI is InChI=1S/C26H23ClN2O3/c1-15(2)16-3-5-17(6-4-16)26-29-22(20-12-19(27)8-10-23(20)32-26)13-21(28-29)18-7-9-24-25(11-18)31-14-30-24/h3-12,15,22,26H,13-14H2,1-2H3/t22-,26+/m1/s1. The van der Waals surface area contributed by atoms with Gasteiger partial charge in [-0.3, -0.25) is 0 Å². The number of hydrazone groups is 1. The molecule has 32 heavy (non-hydrogen) atoms. The van der Waals surface area contributed by atoms with Crippen molar-refractivity contribution >= 4 is 17.3 Å². The van der Waals surface area contributed by atoms with Gasteiger partial charge in [-0.05, 0) is 47.9 Å². The van der Waals surface area contributed by atoms with Gasteiger partial charge in [0.05, 0.1) is 11.8 Å². The summed E-state index contributed by atoms with van der Waals surface area (Å²) in [7, 11) is 0. The van der Waals surface area contributed by atoms with E-state index in [1.807, 2.05) is 36.4 Å². The highest BCUT2D eigenvalue weighted by atomic mass is 35.5. The van der Waals surface area contributed by atoms with Crippen molar-refractivity contribution in [1.82, 2.24) is 5.01 Å². The van der Waals surface area contributed by atoms with Gasteiger partial charge < -0.3 is 14.2 Å². The Kier molecular flexibility index (Phi) is 4.54. The van der Waals surface area contributed by atoms with Crippen LogP contribution >= 0.6 is 11.6 Å². The second-order valence-electron chi connectivity index (χ2n) is 8.69. The van der Waals surface area contributed by atoms with Crippen LogP contribution in [0.5, 0.6) is 17.2 Å². The summed E-state index contributed by atoms with van der Waals surface area (Å²) in [5, 5.41) is 7.81. The van der Waals surface area contributed by atoms with Gasteiger partial charge in [0.25, 0.3) is 0 Å². The van der Waals surface area contributed by atoms with Crippen LogP contribution in [0, 0.1) is 0 Å². The van der Waals surface area contributed by atoms with Crippen LogP contribution in [0.1, 0.15) is 60.7 Å². The Morgan fingerprint density at radius 2 is 1.72 bits per heavy atom. The lowest BCUT2D eigenvalue weighted by Gasteiger charge is -2.38. The number of halogens is 1. The number of fused-ring (bicyclic) bond motifs is 4. The highest BCUT2D eigenvalue weighted by molar-refractivity contribution is 6.30. The monoisotopic (exact) mass is 446 g/mol. The summed E-state index contributed by atoms with van der Waals surface area (Å²) in [5.74, 6) is 2.87. The maximum absolute atomic E-state index is 6.46. The second-order valence-corrected chi connectivity index (χ2v) is 9.12. The molecule has 6 heteroatoms. The predicted molar refractivity (Wildman–Crippen MR) is 124 cm³/mol. The van der Waals surface area contributed by atoms with Crippen LogP contribution in [0.25, 0.3) is 0 Å². The first-order valence-electron chi connectivity index (χ1n) is 10.9. The number of hydrogen-bond acceptors (Lipinski definition) is 5. The number of hydrogen-bond donors (Lipinski definition) is 0. The Balaban J connectivity index is 1.41. The van der Waals surface area contributed by atoms with Crippen molar-refractivity contribution in [3.05, 3.63) is 87.9 Å². The fourth-order valence-corrected chi connectivity index (χ4v) is 4.75. The first-order valence-corrected chi connectivity index (χ1v) is 11.3. The topological polar surface area (TPSA) is 43.3 Å². The molecule has 6 rings (SSSR count). The molecule has 3 aromatic carbocycles. The molecule has 0 aliphatic carbocycles. The Labute approximate surface area is 192 Å². The molecule has 0 amide bonds. The van der Waals surface area contributed by atoms with E-state index in [0.717, 1.165) is 46.1 Å². The summed E-state index contributed by atoms with van der Waals surface area (Å²) in [6, 6.07) is 20.5. The normalized spacial score (nSPS) is 20.6. The van der Waals surface area contributed by atoms with E-state index >= 15 is 0 Å². The molecule has 3 heterocycles. The molecule has 5 nitrogen and oxygen atoms in total. The summed E-state index contributed by atoms with van der Waals surface area (Å²) in [4.78, 5) is 0. The van der Waals surface area contributed by atoms with E-state index in [2.05, 4.69) is 43.1 Å². The lowest BCUT2D eigenvalue weighted by Crippen LogP contribution is -2.33. The molecule has 0 bridgehead atoms. The van der Waals surface area contributed by atoms with Gasteiger partial charge >= 0.3 is 0 Å². The van der Waals surface area contributed by atoms with E-state index in [1.54, 1.807) is 0 Å². The van der Waals surface area contributed by atoms with Crippen LogP contribution in [-0.2, 0) is 0 Å². The SMILES string of the molecule is CC(C)c1ccc([C@@H]2Oc3ccc(Cl)cc3[C@H]3CC(c4ccc5c(c4)OCO5)=NN32)cc1. The third kappa shape index (κ3) is 3.19. The Morgan fingerprint density at radius 1 is 0.938 bits per heavy atom. The van der Waals surface area contributed by atoms with Crippen molar-refractivity contribution in [2.45, 2.75) is 38.5 Å². The predicted octanol–water partition coefficient (Wildman–Crippen LogP) is 6.43. The van der Waals surface area contributed by atoms with Crippen LogP contribution in [-0.4, -0.2) is 17.5 Å². The first kappa shape index (κ1) is 19.5. The number of rotatable bonds is 3. The largest absolute Gasteiger partial charge is 0.464 e. The Hall–Kier alpha value is -3.18. The van der Waals surface area contributed by atoms with Crippen molar-refractivity contribution in [1.29, 1.82) is 0 Å². The summed E-state index contributed by atoms with van der Waals surface area (Å²) in [6.07, 6.45) is 0.457. The van der Waals surface area contributed by atoms with Gasteiger partial charge in [0, 0.05) is 28.1 Å². The van der Waals surface area contributed by atoms with Gasteiger partial charge in [-0.25, -0.2) is 5.01 Å². The first-order chi connectivity index (χ1) is 15.6. The van der Waals surface area contributed by atoms with Crippen LogP contribution in [0.15, 0.2) is 65.8 Å². The van der Waals surface area contributed by atoms with Crippen molar-refractivity contribution in [2.75, 3.05) is 6.79 Å². The third-order valence-electron chi connectivity index (χ3n) is 6.35. The summed E-state index contributed by atoms with van der Waals surface area (Å²) in [6.45, 7) is 4.66. The molecular weight excluding hydrogens is 424 g/mol. The smallest absolute Gasteiger partial charge is 0.231 e. The van der Waals surface area contributed by atoms with E-state index in [-0.39, 0.29) is 19.1 Å². The third-order valence-corrected chi connectivity index (χ3v) is 6.58. The molecule has 0 unspecified atom stereocenters. The number of ether oxygens (including phenoxy) is 3. The molecule has 0 saturated heterocycles. The molecule has 162 valence electrons. The number of benzene rings is 3. The van der Waals surface area contributed by atoms with Gasteiger partial charge in [0.2, 0.25) is 13.0 Å². The lowest BCUT2D eigenvalue weighted by molar-refractivity contribution is -0.0190. The average molecular weight is 447 g/mol. The van der Waals surface area contributed by atoms with Crippen molar-refractivity contribution in [2.24, 2.45) is 5.10 Å². The maximum Gasteiger partial charge on any atom is 0.231 e. The van der Waals surface area contributed by atoms with Crippen molar-refractivity contribution < 1.29 is 14.2 Å². The van der Waals surface area contributed by atoms with Crippen molar-refractivity contribution in [3.63, 3.8) is 0 Å². The molecule has 0 saturated carbocycles. The molecule has 0 N–H and O–H groups in total. The zero-order valence-electron chi connectivity index (χ0n) is 17.9. The molecule has 2 atom stereocenters. The van der Waals surface area contributed by atoms with E-state index in [0.29, 0.717) is 10.9 Å². The highest BCUT2D eigenvalue weighted by Crippen LogP contribution is 2.48. The lowest BCUT2D eigenvalue weighted by atomic mass is 9.95. The minimum Gasteiger partial charge on any atom is -0.464 e. The molecule has 0 fully saturated rings. The fourth-order valence-electron chi connectivity index (χ4n) is 4.57. The molecule has 0 spiro atoms. The molecule has 3 aliphatic rings. The summed E-state index contributed by atoms with van der Waals surface area (Å²) >= 11 is 6.34. The van der Waals surface area contributed by atoms with Crippen LogP contribution in [0.2, 0.25) is 5.02 Å².